The average molecular weight is 300 g/mol. The second-order valence-electron chi connectivity index (χ2n) is 6.73. The van der Waals surface area contributed by atoms with Crippen molar-refractivity contribution in [1.29, 1.82) is 0 Å². The molecule has 1 amide bonds. The smallest absolute Gasteiger partial charge is 0.407 e. The average Bonchev–Trinajstić information content (AvgIpc) is 2.36. The summed E-state index contributed by atoms with van der Waals surface area (Å²) in [5.41, 5.74) is -0.501. The molecule has 0 aromatic rings. The predicted molar refractivity (Wildman–Crippen MR) is 80.0 cm³/mol. The molecule has 2 atom stereocenters. The summed E-state index contributed by atoms with van der Waals surface area (Å²) in [5, 5.41) is 2.81. The van der Waals surface area contributed by atoms with Gasteiger partial charge < -0.3 is 19.7 Å². The molecule has 6 heteroatoms. The molecule has 1 heterocycles. The van der Waals surface area contributed by atoms with Crippen LogP contribution in [0.5, 0.6) is 0 Å². The van der Waals surface area contributed by atoms with E-state index < -0.39 is 11.7 Å². The number of amides is 1. The first-order chi connectivity index (χ1) is 9.71. The molecular weight excluding hydrogens is 272 g/mol. The molecule has 1 saturated heterocycles. The molecule has 0 unspecified atom stereocenters. The van der Waals surface area contributed by atoms with Crippen molar-refractivity contribution in [2.75, 3.05) is 33.8 Å². The fraction of sp³-hybridized carbons (Fsp3) is 0.867. The van der Waals surface area contributed by atoms with Crippen molar-refractivity contribution in [1.82, 2.24) is 10.2 Å². The molecular formula is C15H28N2O4. The zero-order valence-electron chi connectivity index (χ0n) is 13.8. The second kappa shape index (κ2) is 7.64. The molecule has 0 aromatic carbocycles. The van der Waals surface area contributed by atoms with E-state index in [0.29, 0.717) is 13.0 Å². The van der Waals surface area contributed by atoms with E-state index in [0.717, 1.165) is 19.5 Å². The number of alkyl carbamates (subject to hydrolysis) is 1. The third kappa shape index (κ3) is 6.80. The molecule has 0 aromatic heterocycles. The fourth-order valence-electron chi connectivity index (χ4n) is 2.59. The molecule has 1 aliphatic rings. The minimum atomic E-state index is -0.501. The number of rotatable bonds is 4. The molecule has 21 heavy (non-hydrogen) atoms. The topological polar surface area (TPSA) is 67.9 Å². The summed E-state index contributed by atoms with van der Waals surface area (Å²) in [7, 11) is 3.46. The van der Waals surface area contributed by atoms with Crippen LogP contribution in [0.25, 0.3) is 0 Å². The van der Waals surface area contributed by atoms with Gasteiger partial charge >= 0.3 is 12.1 Å². The summed E-state index contributed by atoms with van der Waals surface area (Å²) in [6.45, 7) is 7.84. The van der Waals surface area contributed by atoms with Gasteiger partial charge in [0.1, 0.15) is 5.60 Å². The maximum atomic E-state index is 11.7. The standard InChI is InChI=1S/C15H28N2O4/c1-15(2,3)21-14(19)16-9-12-10-17(4)7-6-11(12)8-13(18)20-5/h11-12H,6-10H2,1-5H3,(H,16,19)/t11-,12-/m1/s1. The third-order valence-corrected chi connectivity index (χ3v) is 3.66. The maximum absolute atomic E-state index is 11.7. The molecule has 1 fully saturated rings. The van der Waals surface area contributed by atoms with E-state index in [1.165, 1.54) is 7.11 Å². The minimum absolute atomic E-state index is 0.188. The van der Waals surface area contributed by atoms with Crippen LogP contribution in [-0.4, -0.2) is 56.4 Å². The number of likely N-dealkylation sites (tertiary alicyclic amines) is 1. The Labute approximate surface area is 127 Å². The highest BCUT2D eigenvalue weighted by Gasteiger charge is 2.30. The van der Waals surface area contributed by atoms with Gasteiger partial charge in [-0.2, -0.15) is 0 Å². The number of nitrogens with one attached hydrogen (secondary N) is 1. The number of piperidine rings is 1. The van der Waals surface area contributed by atoms with E-state index in [1.807, 2.05) is 20.8 Å². The number of hydrogen-bond donors (Lipinski definition) is 1. The van der Waals surface area contributed by atoms with Gasteiger partial charge in [0.2, 0.25) is 0 Å². The highest BCUT2D eigenvalue weighted by Crippen LogP contribution is 2.26. The van der Waals surface area contributed by atoms with Gasteiger partial charge in [0.15, 0.2) is 0 Å². The van der Waals surface area contributed by atoms with E-state index >= 15 is 0 Å². The van der Waals surface area contributed by atoms with E-state index in [-0.39, 0.29) is 17.8 Å². The van der Waals surface area contributed by atoms with Gasteiger partial charge in [-0.15, -0.1) is 0 Å². The van der Waals surface area contributed by atoms with Crippen LogP contribution in [0.2, 0.25) is 0 Å². The molecule has 0 spiro atoms. The summed E-state index contributed by atoms with van der Waals surface area (Å²) >= 11 is 0. The highest BCUT2D eigenvalue weighted by molar-refractivity contribution is 5.69. The lowest BCUT2D eigenvalue weighted by Gasteiger charge is -2.36. The van der Waals surface area contributed by atoms with Crippen LogP contribution >= 0.6 is 0 Å². The van der Waals surface area contributed by atoms with Crippen molar-refractivity contribution in [3.8, 4) is 0 Å². The van der Waals surface area contributed by atoms with Gasteiger partial charge in [0, 0.05) is 19.5 Å². The third-order valence-electron chi connectivity index (χ3n) is 3.66. The number of carbonyl (C=O) groups is 2. The van der Waals surface area contributed by atoms with Gasteiger partial charge in [-0.05, 0) is 52.6 Å². The quantitative estimate of drug-likeness (QED) is 0.800. The first kappa shape index (κ1) is 17.8. The van der Waals surface area contributed by atoms with Crippen molar-refractivity contribution in [3.63, 3.8) is 0 Å². The molecule has 0 radical (unpaired) electrons. The van der Waals surface area contributed by atoms with Crippen LogP contribution in [0, 0.1) is 11.8 Å². The Bertz CT molecular complexity index is 365. The van der Waals surface area contributed by atoms with Crippen LogP contribution < -0.4 is 5.32 Å². The molecule has 0 aliphatic carbocycles. The fourth-order valence-corrected chi connectivity index (χ4v) is 2.59. The Kier molecular flexibility index (Phi) is 6.45. The summed E-state index contributed by atoms with van der Waals surface area (Å²) in [5.74, 6) is 0.283. The second-order valence-corrected chi connectivity index (χ2v) is 6.73. The van der Waals surface area contributed by atoms with Crippen LogP contribution in [0.1, 0.15) is 33.6 Å². The zero-order chi connectivity index (χ0) is 16.0. The van der Waals surface area contributed by atoms with E-state index in [1.54, 1.807) is 0 Å². The van der Waals surface area contributed by atoms with Crippen LogP contribution in [-0.2, 0) is 14.3 Å². The lowest BCUT2D eigenvalue weighted by Crippen LogP contribution is -2.45. The number of esters is 1. The van der Waals surface area contributed by atoms with Crippen molar-refractivity contribution in [2.24, 2.45) is 11.8 Å². The summed E-state index contributed by atoms with van der Waals surface area (Å²) in [6.07, 6.45) is 0.935. The molecule has 0 saturated carbocycles. The highest BCUT2D eigenvalue weighted by atomic mass is 16.6. The number of nitrogens with zero attached hydrogens (tertiary/aromatic N) is 1. The molecule has 122 valence electrons. The maximum Gasteiger partial charge on any atom is 0.407 e. The van der Waals surface area contributed by atoms with E-state index in [9.17, 15) is 9.59 Å². The monoisotopic (exact) mass is 300 g/mol. The largest absolute Gasteiger partial charge is 0.469 e. The predicted octanol–water partition coefficient (Wildman–Crippen LogP) is 1.64. The summed E-state index contributed by atoms with van der Waals surface area (Å²) < 4.78 is 9.99. The molecule has 1 N–H and O–H groups in total. The molecule has 6 nitrogen and oxygen atoms in total. The summed E-state index contributed by atoms with van der Waals surface area (Å²) in [6, 6.07) is 0. The van der Waals surface area contributed by atoms with Gasteiger partial charge in [-0.25, -0.2) is 4.79 Å². The molecule has 1 aliphatic heterocycles. The lowest BCUT2D eigenvalue weighted by atomic mass is 9.83. The number of hydrogen-bond acceptors (Lipinski definition) is 5. The van der Waals surface area contributed by atoms with Crippen molar-refractivity contribution in [2.45, 2.75) is 39.2 Å². The van der Waals surface area contributed by atoms with Crippen molar-refractivity contribution in [3.05, 3.63) is 0 Å². The van der Waals surface area contributed by atoms with Gasteiger partial charge in [0.25, 0.3) is 0 Å². The Hall–Kier alpha value is -1.30. The molecule has 0 bridgehead atoms. The minimum Gasteiger partial charge on any atom is -0.469 e. The first-order valence-electron chi connectivity index (χ1n) is 7.43. The summed E-state index contributed by atoms with van der Waals surface area (Å²) in [4.78, 5) is 25.4. The van der Waals surface area contributed by atoms with Crippen molar-refractivity contribution < 1.29 is 19.1 Å². The SMILES string of the molecule is COC(=O)C[C@H]1CCN(C)C[C@H]1CNC(=O)OC(C)(C)C. The Balaban J connectivity index is 2.51. The molecule has 1 rings (SSSR count). The number of methoxy groups -OCH3 is 1. The Morgan fingerprint density at radius 1 is 1.29 bits per heavy atom. The lowest BCUT2D eigenvalue weighted by molar-refractivity contribution is -0.142. The van der Waals surface area contributed by atoms with Gasteiger partial charge in [-0.3, -0.25) is 4.79 Å². The zero-order valence-corrected chi connectivity index (χ0v) is 13.8. The van der Waals surface area contributed by atoms with Gasteiger partial charge in [0.05, 0.1) is 7.11 Å². The van der Waals surface area contributed by atoms with E-state index in [4.69, 9.17) is 9.47 Å². The Morgan fingerprint density at radius 3 is 2.52 bits per heavy atom. The number of ether oxygens (including phenoxy) is 2. The van der Waals surface area contributed by atoms with E-state index in [2.05, 4.69) is 17.3 Å². The normalized spacial score (nSPS) is 23.5. The van der Waals surface area contributed by atoms with Crippen molar-refractivity contribution >= 4 is 12.1 Å². The van der Waals surface area contributed by atoms with Crippen LogP contribution in [0.3, 0.4) is 0 Å². The first-order valence-corrected chi connectivity index (χ1v) is 7.43. The Morgan fingerprint density at radius 2 is 1.95 bits per heavy atom. The number of carbonyl (C=O) groups excluding carboxylic acids is 2. The van der Waals surface area contributed by atoms with Crippen LogP contribution in [0.15, 0.2) is 0 Å². The van der Waals surface area contributed by atoms with Crippen LogP contribution in [0.4, 0.5) is 4.79 Å². The van der Waals surface area contributed by atoms with Gasteiger partial charge in [-0.1, -0.05) is 0 Å².